The molecule has 5 aromatic rings. The summed E-state index contributed by atoms with van der Waals surface area (Å²) < 4.78 is 114. The van der Waals surface area contributed by atoms with Gasteiger partial charge in [-0.05, 0) is 114 Å². The molecule has 0 aromatic heterocycles. The van der Waals surface area contributed by atoms with Gasteiger partial charge in [-0.2, -0.15) is 0 Å². The molecule has 0 heterocycles. The van der Waals surface area contributed by atoms with E-state index >= 15 is 0 Å². The van der Waals surface area contributed by atoms with Crippen molar-refractivity contribution in [2.24, 2.45) is 0 Å². The van der Waals surface area contributed by atoms with Gasteiger partial charge < -0.3 is 33.2 Å². The van der Waals surface area contributed by atoms with Crippen LogP contribution in [-0.2, 0) is 93.3 Å². The largest absolute Gasteiger partial charge is 0.493 e. The maximum absolute atomic E-state index is 12.7. The molecule has 0 amide bonds. The lowest BCUT2D eigenvalue weighted by Gasteiger charge is -2.17. The van der Waals surface area contributed by atoms with Crippen molar-refractivity contribution in [2.45, 2.75) is 96.0 Å². The topological polar surface area (TPSA) is 275 Å². The zero-order valence-corrected chi connectivity index (χ0v) is 53.8. The molecule has 0 bridgehead atoms. The highest BCUT2D eigenvalue weighted by atomic mass is 35.5. The molecule has 5 rings (SSSR count). The second-order valence-electron chi connectivity index (χ2n) is 15.4. The maximum Gasteiger partial charge on any atom is 0.475 e. The lowest BCUT2D eigenvalue weighted by Crippen LogP contribution is -2.13. The van der Waals surface area contributed by atoms with E-state index in [0.29, 0.717) is 30.1 Å². The van der Waals surface area contributed by atoms with Crippen LogP contribution in [0, 0.1) is 0 Å². The van der Waals surface area contributed by atoms with E-state index in [-0.39, 0.29) is 85.4 Å². The molecule has 0 saturated heterocycles. The molecule has 85 heavy (non-hydrogen) atoms. The molecule has 0 saturated carbocycles. The van der Waals surface area contributed by atoms with Crippen LogP contribution in [0.3, 0.4) is 0 Å². The van der Waals surface area contributed by atoms with E-state index in [1.54, 1.807) is 91.1 Å². The van der Waals surface area contributed by atoms with Gasteiger partial charge in [0, 0.05) is 32.6 Å². The Morgan fingerprint density at radius 1 is 0.424 bits per heavy atom. The fourth-order valence-corrected chi connectivity index (χ4v) is 9.69. The number of hydrogen-bond acceptors (Lipinski definition) is 23. The predicted molar refractivity (Wildman–Crippen MR) is 319 cm³/mol. The Kier molecular flexibility index (Phi) is 42.2. The summed E-state index contributed by atoms with van der Waals surface area (Å²) >= 11 is 6.23. The number of methoxy groups -OCH3 is 2. The summed E-state index contributed by atoms with van der Waals surface area (Å²) in [4.78, 5) is 55.6. The molecule has 23 nitrogen and oxygen atoms in total. The van der Waals surface area contributed by atoms with Crippen LogP contribution in [0.5, 0.6) is 28.7 Å². The SMILES string of the molecule is C=O.CC.CCOC.CCOP(=O)(OCC)OCc1ccc(OC(=O)c2ccccc2OC(C)=O)cc1Cl.CCOP(=O)(OCC)OCc1ccc(OC)c(OC(=O)c2ccccc2OC(C)=O)c1.CCOP(=O)(OCC)OCc1ccccc1. The van der Waals surface area contributed by atoms with E-state index in [1.807, 2.05) is 57.9 Å². The lowest BCUT2D eigenvalue weighted by atomic mass is 10.2. The zero-order valence-electron chi connectivity index (χ0n) is 50.4. The number of phosphoric ester groups is 3. The Morgan fingerprint density at radius 3 is 1.20 bits per heavy atom. The molecule has 27 heteroatoms. The fraction of sp³-hybridized carbons (Fsp3) is 0.397. The van der Waals surface area contributed by atoms with Crippen molar-refractivity contribution in [3.8, 4) is 28.7 Å². The van der Waals surface area contributed by atoms with Crippen LogP contribution < -0.4 is 23.7 Å². The van der Waals surface area contributed by atoms with E-state index in [0.717, 1.165) is 12.2 Å². The second kappa shape index (κ2) is 45.4. The predicted octanol–water partition coefficient (Wildman–Crippen LogP) is 14.6. The van der Waals surface area contributed by atoms with E-state index in [4.69, 9.17) is 80.8 Å². The minimum absolute atomic E-state index is 0.0681. The van der Waals surface area contributed by atoms with Gasteiger partial charge in [0.25, 0.3) is 0 Å². The number of halogens is 1. The summed E-state index contributed by atoms with van der Waals surface area (Å²) in [5.41, 5.74) is 2.12. The highest BCUT2D eigenvalue weighted by molar-refractivity contribution is 7.49. The summed E-state index contributed by atoms with van der Waals surface area (Å²) in [6, 6.07) is 31.1. The zero-order chi connectivity index (χ0) is 64.3. The van der Waals surface area contributed by atoms with Gasteiger partial charge in [-0.25, -0.2) is 23.3 Å². The summed E-state index contributed by atoms with van der Waals surface area (Å²) in [6.45, 7) is 22.6. The highest BCUT2D eigenvalue weighted by Gasteiger charge is 2.28. The lowest BCUT2D eigenvalue weighted by molar-refractivity contribution is -0.132. The molecular formula is C58H80ClO23P3. The second-order valence-corrected chi connectivity index (χ2v) is 20.8. The first-order valence-electron chi connectivity index (χ1n) is 26.6. The quantitative estimate of drug-likeness (QED) is 0.0244. The van der Waals surface area contributed by atoms with Crippen molar-refractivity contribution >= 4 is 65.7 Å². The van der Waals surface area contributed by atoms with Gasteiger partial charge in [0.1, 0.15) is 35.2 Å². The summed E-state index contributed by atoms with van der Waals surface area (Å²) in [5.74, 6) is -1.85. The molecular weight excluding hydrogens is 1190 g/mol. The van der Waals surface area contributed by atoms with E-state index in [9.17, 15) is 32.9 Å². The average Bonchev–Trinajstić information content (AvgIpc) is 3.59. The Labute approximate surface area is 503 Å². The third-order valence-corrected chi connectivity index (χ3v) is 14.5. The van der Waals surface area contributed by atoms with Crippen molar-refractivity contribution in [3.05, 3.63) is 148 Å². The van der Waals surface area contributed by atoms with E-state index < -0.39 is 47.3 Å². The summed E-state index contributed by atoms with van der Waals surface area (Å²) in [5, 5.41) is 0.230. The van der Waals surface area contributed by atoms with Gasteiger partial charge in [0.2, 0.25) is 0 Å². The van der Waals surface area contributed by atoms with Crippen LogP contribution in [0.4, 0.5) is 0 Å². The first-order valence-corrected chi connectivity index (χ1v) is 31.3. The molecule has 0 N–H and O–H groups in total. The van der Waals surface area contributed by atoms with Crippen molar-refractivity contribution in [2.75, 3.05) is 60.5 Å². The van der Waals surface area contributed by atoms with Gasteiger partial charge in [-0.1, -0.05) is 92.2 Å². The van der Waals surface area contributed by atoms with Crippen LogP contribution in [0.15, 0.2) is 115 Å². The van der Waals surface area contributed by atoms with Gasteiger partial charge in [-0.15, -0.1) is 0 Å². The third kappa shape index (κ3) is 31.8. The number of para-hydroxylation sites is 2. The number of ether oxygens (including phenoxy) is 6. The smallest absolute Gasteiger partial charge is 0.475 e. The fourth-order valence-electron chi connectivity index (χ4n) is 5.99. The Hall–Kier alpha value is -5.97. The monoisotopic (exact) mass is 1270 g/mol. The first-order chi connectivity index (χ1) is 40.7. The van der Waals surface area contributed by atoms with Crippen molar-refractivity contribution < 1.29 is 107 Å². The van der Waals surface area contributed by atoms with Gasteiger partial charge in [0.15, 0.2) is 11.5 Å². The molecule has 0 spiro atoms. The summed E-state index contributed by atoms with van der Waals surface area (Å²) in [7, 11) is -7.66. The number of rotatable bonds is 29. The minimum atomic E-state index is -3.70. The Morgan fingerprint density at radius 2 is 0.812 bits per heavy atom. The Balaban J connectivity index is 0.00000122. The molecule has 0 aliphatic heterocycles. The molecule has 0 unspecified atom stereocenters. The molecule has 0 aliphatic rings. The Bertz CT molecular complexity index is 2840. The van der Waals surface area contributed by atoms with Crippen LogP contribution in [0.25, 0.3) is 0 Å². The third-order valence-electron chi connectivity index (χ3n) is 9.40. The van der Waals surface area contributed by atoms with Gasteiger partial charge >= 0.3 is 47.3 Å². The molecule has 5 aromatic carbocycles. The standard InChI is InChI=1S/C21H25O9P.C20H22ClO8P.C11H17O4P.C3H8O.C2H6.CH2O/c1-5-26-31(24,27-6-2)28-14-16-11-12-19(25-4)20(13-16)30-21(23)17-9-7-8-10-18(17)29-15(3)22;1-4-25-30(24,26-5-2)27-13-15-10-11-16(12-18(15)21)29-20(23)17-8-6-7-9-19(17)28-14(3)22;1-3-13-16(12,14-4-2)15-10-11-8-6-5-7-9-11;1-3-4-2;2*1-2/h7-13H,5-6,14H2,1-4H3;6-12H,4-5,13H2,1-3H3;5-9H,3-4,10H2,1-2H3;3H2,1-2H3;1-2H3;1H2. The summed E-state index contributed by atoms with van der Waals surface area (Å²) in [6.07, 6.45) is 0. The van der Waals surface area contributed by atoms with E-state index in [2.05, 4.69) is 4.74 Å². The number of hydrogen-bond donors (Lipinski definition) is 0. The number of esters is 4. The van der Waals surface area contributed by atoms with Crippen LogP contribution in [0.2, 0.25) is 5.02 Å². The van der Waals surface area contributed by atoms with Crippen molar-refractivity contribution in [3.63, 3.8) is 0 Å². The van der Waals surface area contributed by atoms with Gasteiger partial charge in [0.05, 0.1) is 66.6 Å². The first kappa shape index (κ1) is 79.0. The van der Waals surface area contributed by atoms with Gasteiger partial charge in [-0.3, -0.25) is 50.3 Å². The van der Waals surface area contributed by atoms with Crippen molar-refractivity contribution in [1.82, 2.24) is 0 Å². The molecule has 0 aliphatic carbocycles. The van der Waals surface area contributed by atoms with Crippen molar-refractivity contribution in [1.29, 1.82) is 0 Å². The molecule has 0 radical (unpaired) electrons. The van der Waals surface area contributed by atoms with E-state index in [1.165, 1.54) is 63.4 Å². The van der Waals surface area contributed by atoms with Crippen LogP contribution >= 0.6 is 35.1 Å². The normalized spacial score (nSPS) is 10.7. The molecule has 0 atom stereocenters. The minimum Gasteiger partial charge on any atom is -0.493 e. The number of carbonyl (C=O) groups excluding carboxylic acids is 5. The molecule has 472 valence electrons. The van der Waals surface area contributed by atoms with Crippen LogP contribution in [-0.4, -0.2) is 91.1 Å². The van der Waals surface area contributed by atoms with Crippen LogP contribution in [0.1, 0.15) is 114 Å². The number of benzene rings is 5. The maximum atomic E-state index is 12.7. The molecule has 0 fully saturated rings. The average molecular weight is 1270 g/mol. The number of carbonyl (C=O) groups is 5. The number of phosphoric acid groups is 3. The highest BCUT2D eigenvalue weighted by Crippen LogP contribution is 2.52.